The van der Waals surface area contributed by atoms with Crippen LogP contribution in [0.1, 0.15) is 83.0 Å². The molecule has 2 aromatic rings. The van der Waals surface area contributed by atoms with Gasteiger partial charge in [0.15, 0.2) is 5.78 Å². The predicted octanol–water partition coefficient (Wildman–Crippen LogP) is 7.54. The molecule has 1 fully saturated rings. The maximum absolute atomic E-state index is 13.1. The van der Waals surface area contributed by atoms with Crippen LogP contribution in [0.25, 0.3) is 0 Å². The van der Waals surface area contributed by atoms with E-state index in [4.69, 9.17) is 4.74 Å². The van der Waals surface area contributed by atoms with Gasteiger partial charge in [-0.2, -0.15) is 0 Å². The fourth-order valence-corrected chi connectivity index (χ4v) is 4.06. The molecule has 34 heavy (non-hydrogen) atoms. The molecular weight excluding hydrogens is 451 g/mol. The molecule has 1 heterocycles. The molecule has 1 aromatic heterocycles. The number of pyridine rings is 1. The zero-order valence-electron chi connectivity index (χ0n) is 21.2. The summed E-state index contributed by atoms with van der Waals surface area (Å²) in [5.41, 5.74) is 0.134. The van der Waals surface area contributed by atoms with E-state index in [0.29, 0.717) is 11.8 Å². The zero-order chi connectivity index (χ0) is 25.3. The normalized spacial score (nSPS) is 13.0. The van der Waals surface area contributed by atoms with E-state index in [1.807, 2.05) is 43.2 Å². The Morgan fingerprint density at radius 3 is 2.53 bits per heavy atom. The van der Waals surface area contributed by atoms with E-state index in [1.54, 1.807) is 17.8 Å². The molecule has 0 N–H and O–H groups in total. The molecule has 1 aliphatic carbocycles. The molecule has 5 nitrogen and oxygen atoms in total. The first-order valence-electron chi connectivity index (χ1n) is 12.2. The number of Topliss-reactive ketones (excluding diaryl/α,β-unsaturated/α-hetero) is 1. The lowest BCUT2D eigenvalue weighted by atomic mass is 9.94. The first-order chi connectivity index (χ1) is 16.5. The number of halogens is 1. The Balaban J connectivity index is 0.000000337. The van der Waals surface area contributed by atoms with Crippen molar-refractivity contribution in [3.05, 3.63) is 47.9 Å². The standard InChI is InChI=1S/C14H12FNO2S.C11H21NO.C2H6/c1-9(17)13-6-10(15)8-16-14(13)18-11-4-3-5-12(7-11)19-2;1-2-3-9-12(10-13)11-7-5-4-6-8-11;1-2/h3-8H,1-2H3;10-11H,2-9H2,1H3;1-2H3. The first kappa shape index (κ1) is 29.6. The number of carbonyl (C=O) groups is 2. The smallest absolute Gasteiger partial charge is 0.230 e. The highest BCUT2D eigenvalue weighted by Gasteiger charge is 2.18. The van der Waals surface area contributed by atoms with E-state index in [2.05, 4.69) is 11.9 Å². The number of hydrogen-bond donors (Lipinski definition) is 0. The summed E-state index contributed by atoms with van der Waals surface area (Å²) < 4.78 is 18.6. The molecule has 0 spiro atoms. The van der Waals surface area contributed by atoms with Crippen molar-refractivity contribution in [1.82, 2.24) is 9.88 Å². The Labute approximate surface area is 208 Å². The van der Waals surface area contributed by atoms with Crippen LogP contribution in [0.3, 0.4) is 0 Å². The average molecular weight is 491 g/mol. The van der Waals surface area contributed by atoms with E-state index in [0.717, 1.165) is 36.5 Å². The number of benzene rings is 1. The van der Waals surface area contributed by atoms with E-state index < -0.39 is 5.82 Å². The van der Waals surface area contributed by atoms with Crippen molar-refractivity contribution in [1.29, 1.82) is 0 Å². The minimum atomic E-state index is -0.560. The van der Waals surface area contributed by atoms with Crippen LogP contribution in [-0.4, -0.2) is 40.9 Å². The highest BCUT2D eigenvalue weighted by Crippen LogP contribution is 2.27. The van der Waals surface area contributed by atoms with Crippen molar-refractivity contribution < 1.29 is 18.7 Å². The molecule has 0 saturated heterocycles. The largest absolute Gasteiger partial charge is 0.438 e. The number of ketones is 1. The van der Waals surface area contributed by atoms with Gasteiger partial charge in [-0.25, -0.2) is 9.37 Å². The number of carbonyl (C=O) groups excluding carboxylic acids is 2. The van der Waals surface area contributed by atoms with Crippen molar-refractivity contribution in [2.75, 3.05) is 12.8 Å². The summed E-state index contributed by atoms with van der Waals surface area (Å²) in [7, 11) is 0. The number of nitrogens with zero attached hydrogens (tertiary/aromatic N) is 2. The van der Waals surface area contributed by atoms with E-state index in [-0.39, 0.29) is 17.2 Å². The topological polar surface area (TPSA) is 59.5 Å². The Kier molecular flexibility index (Phi) is 14.9. The Hall–Kier alpha value is -2.41. The molecule has 1 aliphatic rings. The molecule has 0 atom stereocenters. The molecule has 0 bridgehead atoms. The van der Waals surface area contributed by atoms with Crippen LogP contribution in [0.2, 0.25) is 0 Å². The molecule has 0 aliphatic heterocycles. The molecular formula is C27H39FN2O3S. The maximum Gasteiger partial charge on any atom is 0.230 e. The lowest BCUT2D eigenvalue weighted by Gasteiger charge is -2.31. The van der Waals surface area contributed by atoms with Gasteiger partial charge in [0.25, 0.3) is 0 Å². The van der Waals surface area contributed by atoms with Gasteiger partial charge in [-0.1, -0.05) is 52.5 Å². The van der Waals surface area contributed by atoms with E-state index in [9.17, 15) is 14.0 Å². The molecule has 7 heteroatoms. The summed E-state index contributed by atoms with van der Waals surface area (Å²) in [6, 6.07) is 9.06. The maximum atomic E-state index is 13.1. The molecule has 1 aromatic carbocycles. The Morgan fingerprint density at radius 2 is 1.94 bits per heavy atom. The fraction of sp³-hybridized carbons (Fsp3) is 0.519. The van der Waals surface area contributed by atoms with Crippen molar-refractivity contribution >= 4 is 24.0 Å². The minimum absolute atomic E-state index is 0.118. The highest BCUT2D eigenvalue weighted by molar-refractivity contribution is 7.98. The SMILES string of the molecule is CC.CCCCN(C=O)C1CCCCC1.CSc1cccc(Oc2ncc(F)cc2C(C)=O)c1. The van der Waals surface area contributed by atoms with Gasteiger partial charge in [0.2, 0.25) is 12.3 Å². The highest BCUT2D eigenvalue weighted by atomic mass is 32.2. The number of thioether (sulfide) groups is 1. The van der Waals surface area contributed by atoms with Crippen LogP contribution in [0.4, 0.5) is 4.39 Å². The van der Waals surface area contributed by atoms with Gasteiger partial charge in [0.1, 0.15) is 11.6 Å². The van der Waals surface area contributed by atoms with Crippen molar-refractivity contribution in [3.8, 4) is 11.6 Å². The van der Waals surface area contributed by atoms with Crippen LogP contribution in [0, 0.1) is 5.82 Å². The van der Waals surface area contributed by atoms with Gasteiger partial charge in [-0.15, -0.1) is 11.8 Å². The quantitative estimate of drug-likeness (QED) is 0.206. The molecule has 1 saturated carbocycles. The lowest BCUT2D eigenvalue weighted by molar-refractivity contribution is -0.120. The van der Waals surface area contributed by atoms with E-state index >= 15 is 0 Å². The first-order valence-corrected chi connectivity index (χ1v) is 13.4. The molecule has 188 valence electrons. The van der Waals surface area contributed by atoms with Crippen LogP contribution < -0.4 is 4.74 Å². The number of aromatic nitrogens is 1. The summed E-state index contributed by atoms with van der Waals surface area (Å²) in [5, 5.41) is 0. The van der Waals surface area contributed by atoms with Crippen LogP contribution in [0.5, 0.6) is 11.6 Å². The summed E-state index contributed by atoms with van der Waals surface area (Å²) in [6.45, 7) is 8.48. The van der Waals surface area contributed by atoms with Gasteiger partial charge in [-0.05, 0) is 56.7 Å². The van der Waals surface area contributed by atoms with E-state index in [1.165, 1.54) is 45.4 Å². The van der Waals surface area contributed by atoms with Gasteiger partial charge in [0, 0.05) is 17.5 Å². The summed E-state index contributed by atoms with van der Waals surface area (Å²) in [4.78, 5) is 29.2. The average Bonchev–Trinajstić information content (AvgIpc) is 2.88. The van der Waals surface area contributed by atoms with Gasteiger partial charge in [-0.3, -0.25) is 9.59 Å². The third-order valence-electron chi connectivity index (χ3n) is 5.40. The summed E-state index contributed by atoms with van der Waals surface area (Å²) in [6.07, 6.45) is 12.8. The fourth-order valence-electron chi connectivity index (χ4n) is 3.61. The third-order valence-corrected chi connectivity index (χ3v) is 6.13. The Bertz CT molecular complexity index is 873. The number of ether oxygens (including phenoxy) is 1. The molecule has 3 rings (SSSR count). The van der Waals surface area contributed by atoms with Crippen LogP contribution >= 0.6 is 11.8 Å². The van der Waals surface area contributed by atoms with Crippen molar-refractivity contribution in [2.24, 2.45) is 0 Å². The van der Waals surface area contributed by atoms with Crippen molar-refractivity contribution in [3.63, 3.8) is 0 Å². The summed E-state index contributed by atoms with van der Waals surface area (Å²) >= 11 is 1.58. The third kappa shape index (κ3) is 10.2. The second-order valence-electron chi connectivity index (χ2n) is 7.83. The minimum Gasteiger partial charge on any atom is -0.438 e. The second-order valence-corrected chi connectivity index (χ2v) is 8.71. The van der Waals surface area contributed by atoms with Crippen LogP contribution in [0.15, 0.2) is 41.4 Å². The number of amides is 1. The summed E-state index contributed by atoms with van der Waals surface area (Å²) in [5.74, 6) is -0.168. The van der Waals surface area contributed by atoms with Crippen molar-refractivity contribution in [2.45, 2.75) is 83.6 Å². The molecule has 1 amide bonds. The lowest BCUT2D eigenvalue weighted by Crippen LogP contribution is -2.36. The monoisotopic (exact) mass is 490 g/mol. The number of rotatable bonds is 9. The van der Waals surface area contributed by atoms with Gasteiger partial charge < -0.3 is 9.64 Å². The second kappa shape index (κ2) is 17.1. The van der Waals surface area contributed by atoms with Crippen LogP contribution in [-0.2, 0) is 4.79 Å². The Morgan fingerprint density at radius 1 is 1.24 bits per heavy atom. The zero-order valence-corrected chi connectivity index (χ0v) is 22.0. The predicted molar refractivity (Wildman–Crippen MR) is 138 cm³/mol. The molecule has 0 radical (unpaired) electrons. The molecule has 0 unspecified atom stereocenters. The van der Waals surface area contributed by atoms with Gasteiger partial charge in [0.05, 0.1) is 11.8 Å². The number of unbranched alkanes of at least 4 members (excludes halogenated alkanes) is 1. The number of hydrogen-bond acceptors (Lipinski definition) is 5. The van der Waals surface area contributed by atoms with Gasteiger partial charge >= 0.3 is 0 Å².